The summed E-state index contributed by atoms with van der Waals surface area (Å²) in [5.41, 5.74) is 0.609. The zero-order chi connectivity index (χ0) is 19.3. The molecule has 0 saturated carbocycles. The van der Waals surface area contributed by atoms with Crippen molar-refractivity contribution in [1.82, 2.24) is 15.5 Å². The van der Waals surface area contributed by atoms with Gasteiger partial charge in [0, 0.05) is 24.1 Å². The van der Waals surface area contributed by atoms with Crippen molar-refractivity contribution in [3.05, 3.63) is 40.3 Å². The Balaban J connectivity index is 2.22. The molecule has 0 saturated heterocycles. The van der Waals surface area contributed by atoms with Crippen molar-refractivity contribution in [1.29, 1.82) is 0 Å². The molecular formula is C18H24N4O4. The van der Waals surface area contributed by atoms with Crippen LogP contribution in [0.15, 0.2) is 28.8 Å². The third-order valence-electron chi connectivity index (χ3n) is 4.17. The smallest absolute Gasteiger partial charge is 0.269 e. The fourth-order valence-corrected chi connectivity index (χ4v) is 2.50. The second-order valence-electron chi connectivity index (χ2n) is 6.79. The minimum Gasteiger partial charge on any atom is -0.344 e. The average Bonchev–Trinajstić information content (AvgIpc) is 3.08. The second-order valence-corrected chi connectivity index (χ2v) is 6.79. The van der Waals surface area contributed by atoms with E-state index in [0.717, 1.165) is 6.42 Å². The Kier molecular flexibility index (Phi) is 6.43. The van der Waals surface area contributed by atoms with Gasteiger partial charge in [-0.3, -0.25) is 14.9 Å². The molecule has 8 nitrogen and oxygen atoms in total. The highest BCUT2D eigenvalue weighted by Crippen LogP contribution is 2.26. The van der Waals surface area contributed by atoms with E-state index in [4.69, 9.17) is 4.52 Å². The quantitative estimate of drug-likeness (QED) is 0.564. The Morgan fingerprint density at radius 1 is 1.27 bits per heavy atom. The molecule has 8 heteroatoms. The van der Waals surface area contributed by atoms with Gasteiger partial charge in [0.2, 0.25) is 17.6 Å². The maximum atomic E-state index is 12.2. The van der Waals surface area contributed by atoms with Gasteiger partial charge < -0.3 is 9.84 Å². The van der Waals surface area contributed by atoms with Crippen LogP contribution in [-0.4, -0.2) is 21.0 Å². The van der Waals surface area contributed by atoms with E-state index in [1.54, 1.807) is 12.1 Å². The number of amides is 1. The summed E-state index contributed by atoms with van der Waals surface area (Å²) < 4.78 is 5.38. The Labute approximate surface area is 152 Å². The molecule has 1 amide bonds. The lowest BCUT2D eigenvalue weighted by Gasteiger charge is -2.21. The molecule has 140 valence electrons. The molecule has 0 radical (unpaired) electrons. The molecule has 1 aromatic heterocycles. The number of hydrogen-bond acceptors (Lipinski definition) is 6. The van der Waals surface area contributed by atoms with Gasteiger partial charge in [0.1, 0.15) is 6.04 Å². The summed E-state index contributed by atoms with van der Waals surface area (Å²) in [6.45, 7) is 8.00. The van der Waals surface area contributed by atoms with Crippen LogP contribution in [0.2, 0.25) is 0 Å². The van der Waals surface area contributed by atoms with Gasteiger partial charge in [0.25, 0.3) is 5.69 Å². The lowest BCUT2D eigenvalue weighted by Crippen LogP contribution is -2.33. The number of nitro groups is 1. The lowest BCUT2D eigenvalue weighted by atomic mass is 9.98. The maximum Gasteiger partial charge on any atom is 0.269 e. The van der Waals surface area contributed by atoms with Crippen LogP contribution in [0.1, 0.15) is 52.5 Å². The van der Waals surface area contributed by atoms with Crippen molar-refractivity contribution in [2.45, 2.75) is 46.6 Å². The van der Waals surface area contributed by atoms with Gasteiger partial charge in [-0.25, -0.2) is 0 Å². The van der Waals surface area contributed by atoms with Crippen molar-refractivity contribution in [2.24, 2.45) is 11.8 Å². The predicted octanol–water partition coefficient (Wildman–Crippen LogP) is 3.89. The van der Waals surface area contributed by atoms with Crippen molar-refractivity contribution >= 4 is 11.6 Å². The topological polar surface area (TPSA) is 111 Å². The third kappa shape index (κ3) is 4.87. The summed E-state index contributed by atoms with van der Waals surface area (Å²) in [7, 11) is 0. The number of benzene rings is 1. The Morgan fingerprint density at radius 2 is 1.92 bits per heavy atom. The van der Waals surface area contributed by atoms with Crippen LogP contribution in [0.5, 0.6) is 0 Å². The molecule has 2 aromatic rings. The normalized spacial score (nSPS) is 13.4. The van der Waals surface area contributed by atoms with Gasteiger partial charge in [0.05, 0.1) is 4.92 Å². The van der Waals surface area contributed by atoms with E-state index < -0.39 is 4.92 Å². The number of nitro benzene ring substituents is 1. The Morgan fingerprint density at radius 3 is 2.46 bits per heavy atom. The number of non-ortho nitro benzene ring substituents is 1. The van der Waals surface area contributed by atoms with Gasteiger partial charge >= 0.3 is 0 Å². The lowest BCUT2D eigenvalue weighted by molar-refractivity contribution is -0.384. The van der Waals surface area contributed by atoms with Gasteiger partial charge in [-0.1, -0.05) is 39.3 Å². The first-order valence-corrected chi connectivity index (χ1v) is 8.69. The molecule has 2 atom stereocenters. The fraction of sp³-hybridized carbons (Fsp3) is 0.500. The van der Waals surface area contributed by atoms with Crippen molar-refractivity contribution in [2.75, 3.05) is 0 Å². The Bertz CT molecular complexity index is 755. The van der Waals surface area contributed by atoms with Crippen molar-refractivity contribution in [3.63, 3.8) is 0 Å². The molecule has 0 aliphatic carbocycles. The van der Waals surface area contributed by atoms with Crippen LogP contribution in [0.3, 0.4) is 0 Å². The van der Waals surface area contributed by atoms with E-state index >= 15 is 0 Å². The van der Waals surface area contributed by atoms with Crippen molar-refractivity contribution < 1.29 is 14.2 Å². The molecule has 0 fully saturated rings. The number of aromatic nitrogens is 2. The van der Waals surface area contributed by atoms with Crippen molar-refractivity contribution in [3.8, 4) is 11.4 Å². The number of carbonyl (C=O) groups is 1. The third-order valence-corrected chi connectivity index (χ3v) is 4.17. The van der Waals surface area contributed by atoms with Gasteiger partial charge in [-0.05, 0) is 24.0 Å². The van der Waals surface area contributed by atoms with E-state index in [0.29, 0.717) is 23.7 Å². The molecule has 0 bridgehead atoms. The highest BCUT2D eigenvalue weighted by molar-refractivity contribution is 5.76. The zero-order valence-electron chi connectivity index (χ0n) is 15.4. The molecule has 2 rings (SSSR count). The van der Waals surface area contributed by atoms with Gasteiger partial charge in [-0.2, -0.15) is 4.98 Å². The second kappa shape index (κ2) is 8.55. The van der Waals surface area contributed by atoms with E-state index in [1.165, 1.54) is 12.1 Å². The standard InChI is InChI=1S/C18H24N4O4/c1-5-12(4)16(19-15(23)10-11(2)3)18-20-17(21-26-18)13-6-8-14(9-7-13)22(24)25/h6-9,11-12,16H,5,10H2,1-4H3,(H,19,23)/t12-,16+/m1/s1. The number of nitrogens with one attached hydrogen (secondary N) is 1. The largest absolute Gasteiger partial charge is 0.344 e. The number of nitrogens with zero attached hydrogens (tertiary/aromatic N) is 3. The molecule has 0 aliphatic heterocycles. The van der Waals surface area contributed by atoms with Gasteiger partial charge in [-0.15, -0.1) is 0 Å². The number of hydrogen-bond donors (Lipinski definition) is 1. The molecule has 1 heterocycles. The molecule has 0 spiro atoms. The fourth-order valence-electron chi connectivity index (χ4n) is 2.50. The van der Waals surface area contributed by atoms with Gasteiger partial charge in [0.15, 0.2) is 0 Å². The van der Waals surface area contributed by atoms with E-state index in [9.17, 15) is 14.9 Å². The first-order chi connectivity index (χ1) is 12.3. The molecular weight excluding hydrogens is 336 g/mol. The summed E-state index contributed by atoms with van der Waals surface area (Å²) in [4.78, 5) is 26.8. The Hall–Kier alpha value is -2.77. The molecule has 0 aliphatic rings. The number of carbonyl (C=O) groups excluding carboxylic acids is 1. The zero-order valence-corrected chi connectivity index (χ0v) is 15.4. The molecule has 1 aromatic carbocycles. The van der Waals surface area contributed by atoms with E-state index in [2.05, 4.69) is 15.5 Å². The number of rotatable bonds is 8. The van der Waals surface area contributed by atoms with Crippen LogP contribution < -0.4 is 5.32 Å². The van der Waals surface area contributed by atoms with Crippen LogP contribution in [0.4, 0.5) is 5.69 Å². The summed E-state index contributed by atoms with van der Waals surface area (Å²) >= 11 is 0. The summed E-state index contributed by atoms with van der Waals surface area (Å²) in [6.07, 6.45) is 1.26. The SMILES string of the molecule is CC[C@@H](C)[C@H](NC(=O)CC(C)C)c1nc(-c2ccc([N+](=O)[O-])cc2)no1. The summed E-state index contributed by atoms with van der Waals surface area (Å²) in [5, 5.41) is 17.7. The van der Waals surface area contributed by atoms with Crippen LogP contribution in [0.25, 0.3) is 11.4 Å². The summed E-state index contributed by atoms with van der Waals surface area (Å²) in [5.74, 6) is 0.994. The molecule has 1 N–H and O–H groups in total. The van der Waals surface area contributed by atoms with E-state index in [-0.39, 0.29) is 29.5 Å². The first kappa shape index (κ1) is 19.6. The highest BCUT2D eigenvalue weighted by atomic mass is 16.6. The van der Waals surface area contributed by atoms with Crippen LogP contribution >= 0.6 is 0 Å². The summed E-state index contributed by atoms with van der Waals surface area (Å²) in [6, 6.07) is 5.56. The minimum absolute atomic E-state index is 0.00380. The first-order valence-electron chi connectivity index (χ1n) is 8.69. The minimum atomic E-state index is -0.464. The average molecular weight is 360 g/mol. The molecule has 0 unspecified atom stereocenters. The van der Waals surface area contributed by atoms with Crippen LogP contribution in [-0.2, 0) is 4.79 Å². The maximum absolute atomic E-state index is 12.2. The van der Waals surface area contributed by atoms with E-state index in [1.807, 2.05) is 27.7 Å². The highest BCUT2D eigenvalue weighted by Gasteiger charge is 2.26. The predicted molar refractivity (Wildman–Crippen MR) is 96.2 cm³/mol. The van der Waals surface area contributed by atoms with Crippen LogP contribution in [0, 0.1) is 22.0 Å². The monoisotopic (exact) mass is 360 g/mol. The molecule has 26 heavy (non-hydrogen) atoms.